The highest BCUT2D eigenvalue weighted by Crippen LogP contribution is 2.27. The highest BCUT2D eigenvalue weighted by molar-refractivity contribution is 7.20. The number of carbonyl (C=O) groups is 1. The number of nitrogens with one attached hydrogen (secondary N) is 1. The second kappa shape index (κ2) is 6.20. The molecule has 6 heteroatoms. The van der Waals surface area contributed by atoms with Crippen molar-refractivity contribution >= 4 is 33.1 Å². The van der Waals surface area contributed by atoms with Crippen LogP contribution in [0.3, 0.4) is 0 Å². The third-order valence-corrected chi connectivity index (χ3v) is 5.14. The summed E-state index contributed by atoms with van der Waals surface area (Å²) >= 11 is 1.26. The maximum absolute atomic E-state index is 12.7. The molecule has 0 spiro atoms. The lowest BCUT2D eigenvalue weighted by Crippen LogP contribution is -2.19. The minimum atomic E-state index is -0.206. The fraction of sp³-hybridized carbons (Fsp3) is 0.278. The zero-order chi connectivity index (χ0) is 17.4. The Labute approximate surface area is 144 Å². The average Bonchev–Trinajstić information content (AvgIpc) is 2.84. The SMILES string of the molecule is CCn1cnc2sc(C(=O)Nc3cc(C)cc(C)c3)c(C)c2c1=O. The molecule has 0 saturated heterocycles. The average molecular weight is 341 g/mol. The van der Waals surface area contributed by atoms with Crippen LogP contribution in [0.5, 0.6) is 0 Å². The summed E-state index contributed by atoms with van der Waals surface area (Å²) in [5.41, 5.74) is 3.53. The number of fused-ring (bicyclic) bond motifs is 1. The molecule has 3 aromatic rings. The van der Waals surface area contributed by atoms with Crippen molar-refractivity contribution < 1.29 is 4.79 Å². The first kappa shape index (κ1) is 16.4. The van der Waals surface area contributed by atoms with Crippen LogP contribution in [0.1, 0.15) is 33.3 Å². The summed E-state index contributed by atoms with van der Waals surface area (Å²) in [6, 6.07) is 5.91. The summed E-state index contributed by atoms with van der Waals surface area (Å²) in [7, 11) is 0. The number of rotatable bonds is 3. The minimum Gasteiger partial charge on any atom is -0.321 e. The molecular weight excluding hydrogens is 322 g/mol. The Morgan fingerprint density at radius 1 is 1.21 bits per heavy atom. The number of aryl methyl sites for hydroxylation is 4. The number of anilines is 1. The molecule has 1 N–H and O–H groups in total. The quantitative estimate of drug-likeness (QED) is 0.791. The lowest BCUT2D eigenvalue weighted by atomic mass is 10.1. The number of thiophene rings is 1. The van der Waals surface area contributed by atoms with E-state index in [4.69, 9.17) is 0 Å². The number of carbonyl (C=O) groups excluding carboxylic acids is 1. The molecule has 0 fully saturated rings. The van der Waals surface area contributed by atoms with E-state index < -0.39 is 0 Å². The van der Waals surface area contributed by atoms with E-state index in [1.165, 1.54) is 17.7 Å². The molecule has 0 aliphatic carbocycles. The van der Waals surface area contributed by atoms with Crippen molar-refractivity contribution in [1.82, 2.24) is 9.55 Å². The van der Waals surface area contributed by atoms with E-state index >= 15 is 0 Å². The molecule has 0 aliphatic heterocycles. The Kier molecular flexibility index (Phi) is 4.24. The molecule has 5 nitrogen and oxygen atoms in total. The van der Waals surface area contributed by atoms with Gasteiger partial charge in [-0.15, -0.1) is 11.3 Å². The van der Waals surface area contributed by atoms with E-state index in [0.717, 1.165) is 16.8 Å². The van der Waals surface area contributed by atoms with Crippen LogP contribution in [0.4, 0.5) is 5.69 Å². The van der Waals surface area contributed by atoms with Gasteiger partial charge in [0.15, 0.2) is 0 Å². The number of aromatic nitrogens is 2. The third-order valence-electron chi connectivity index (χ3n) is 3.94. The molecule has 3 rings (SSSR count). The Hall–Kier alpha value is -2.47. The van der Waals surface area contributed by atoms with E-state index in [-0.39, 0.29) is 11.5 Å². The number of benzene rings is 1. The Balaban J connectivity index is 2.03. The van der Waals surface area contributed by atoms with Crippen molar-refractivity contribution in [3.63, 3.8) is 0 Å². The van der Waals surface area contributed by atoms with Gasteiger partial charge in [-0.2, -0.15) is 0 Å². The van der Waals surface area contributed by atoms with E-state index in [9.17, 15) is 9.59 Å². The summed E-state index contributed by atoms with van der Waals surface area (Å²) in [4.78, 5) is 30.6. The molecule has 0 radical (unpaired) electrons. The van der Waals surface area contributed by atoms with Gasteiger partial charge in [0, 0.05) is 12.2 Å². The molecule has 2 aromatic heterocycles. The smallest absolute Gasteiger partial charge is 0.266 e. The van der Waals surface area contributed by atoms with Gasteiger partial charge in [0.2, 0.25) is 0 Å². The van der Waals surface area contributed by atoms with E-state index in [1.807, 2.05) is 32.9 Å². The lowest BCUT2D eigenvalue weighted by Gasteiger charge is -2.07. The summed E-state index contributed by atoms with van der Waals surface area (Å²) in [5.74, 6) is -0.206. The van der Waals surface area contributed by atoms with Crippen LogP contribution in [-0.2, 0) is 6.54 Å². The Morgan fingerprint density at radius 3 is 2.50 bits per heavy atom. The van der Waals surface area contributed by atoms with Gasteiger partial charge >= 0.3 is 0 Å². The first-order valence-corrected chi connectivity index (χ1v) is 8.60. The highest BCUT2D eigenvalue weighted by Gasteiger charge is 2.19. The molecule has 1 aromatic carbocycles. The molecular formula is C18H19N3O2S. The van der Waals surface area contributed by atoms with Gasteiger partial charge in [0.25, 0.3) is 11.5 Å². The topological polar surface area (TPSA) is 64.0 Å². The van der Waals surface area contributed by atoms with Crippen LogP contribution in [0.15, 0.2) is 29.3 Å². The van der Waals surface area contributed by atoms with Crippen LogP contribution in [0, 0.1) is 20.8 Å². The largest absolute Gasteiger partial charge is 0.321 e. The van der Waals surface area contributed by atoms with Crippen LogP contribution in [0.25, 0.3) is 10.2 Å². The summed E-state index contributed by atoms with van der Waals surface area (Å²) < 4.78 is 1.55. The molecule has 0 atom stereocenters. The van der Waals surface area contributed by atoms with Gasteiger partial charge in [-0.1, -0.05) is 6.07 Å². The van der Waals surface area contributed by atoms with Crippen molar-refractivity contribution in [3.8, 4) is 0 Å². The van der Waals surface area contributed by atoms with Crippen molar-refractivity contribution in [3.05, 3.63) is 56.4 Å². The van der Waals surface area contributed by atoms with Crippen LogP contribution < -0.4 is 10.9 Å². The van der Waals surface area contributed by atoms with Gasteiger partial charge in [0.05, 0.1) is 16.6 Å². The van der Waals surface area contributed by atoms with Crippen molar-refractivity contribution in [2.75, 3.05) is 5.32 Å². The van der Waals surface area contributed by atoms with E-state index in [0.29, 0.717) is 27.2 Å². The molecule has 0 bridgehead atoms. The van der Waals surface area contributed by atoms with Crippen molar-refractivity contribution in [2.45, 2.75) is 34.2 Å². The maximum atomic E-state index is 12.7. The zero-order valence-electron chi connectivity index (χ0n) is 14.1. The first-order valence-electron chi connectivity index (χ1n) is 7.79. The molecule has 2 heterocycles. The van der Waals surface area contributed by atoms with Gasteiger partial charge in [-0.3, -0.25) is 14.2 Å². The fourth-order valence-electron chi connectivity index (χ4n) is 2.84. The molecule has 0 aliphatic rings. The van der Waals surface area contributed by atoms with E-state index in [2.05, 4.69) is 16.4 Å². The standard InChI is InChI=1S/C18H19N3O2S/c1-5-21-9-19-17-14(18(21)23)12(4)15(24-17)16(22)20-13-7-10(2)6-11(3)8-13/h6-9H,5H2,1-4H3,(H,20,22). The first-order chi connectivity index (χ1) is 11.4. The zero-order valence-corrected chi connectivity index (χ0v) is 15.0. The number of hydrogen-bond donors (Lipinski definition) is 1. The normalized spacial score (nSPS) is 11.0. The predicted octanol–water partition coefficient (Wildman–Crippen LogP) is 3.66. The van der Waals surface area contributed by atoms with Crippen LogP contribution >= 0.6 is 11.3 Å². The van der Waals surface area contributed by atoms with Gasteiger partial charge in [0.1, 0.15) is 4.83 Å². The van der Waals surface area contributed by atoms with Gasteiger partial charge in [-0.25, -0.2) is 4.98 Å². The molecule has 24 heavy (non-hydrogen) atoms. The number of amides is 1. The lowest BCUT2D eigenvalue weighted by molar-refractivity contribution is 0.103. The second-order valence-corrected chi connectivity index (χ2v) is 6.90. The molecule has 124 valence electrons. The molecule has 0 unspecified atom stereocenters. The maximum Gasteiger partial charge on any atom is 0.266 e. The molecule has 0 saturated carbocycles. The second-order valence-electron chi connectivity index (χ2n) is 5.90. The number of hydrogen-bond acceptors (Lipinski definition) is 4. The van der Waals surface area contributed by atoms with Crippen molar-refractivity contribution in [2.24, 2.45) is 0 Å². The van der Waals surface area contributed by atoms with E-state index in [1.54, 1.807) is 11.5 Å². The van der Waals surface area contributed by atoms with Crippen molar-refractivity contribution in [1.29, 1.82) is 0 Å². The fourth-order valence-corrected chi connectivity index (χ4v) is 3.87. The highest BCUT2D eigenvalue weighted by atomic mass is 32.1. The summed E-state index contributed by atoms with van der Waals surface area (Å²) in [6.45, 7) is 8.23. The summed E-state index contributed by atoms with van der Waals surface area (Å²) in [5, 5.41) is 3.46. The van der Waals surface area contributed by atoms with Gasteiger partial charge < -0.3 is 5.32 Å². The Morgan fingerprint density at radius 2 is 1.88 bits per heavy atom. The summed E-state index contributed by atoms with van der Waals surface area (Å²) in [6.07, 6.45) is 1.53. The third kappa shape index (κ3) is 2.85. The van der Waals surface area contributed by atoms with Crippen LogP contribution in [-0.4, -0.2) is 15.5 Å². The van der Waals surface area contributed by atoms with Gasteiger partial charge in [-0.05, 0) is 56.5 Å². The predicted molar refractivity (Wildman–Crippen MR) is 98.2 cm³/mol. The monoisotopic (exact) mass is 341 g/mol. The Bertz CT molecular complexity index is 981. The number of nitrogens with zero attached hydrogens (tertiary/aromatic N) is 2. The van der Waals surface area contributed by atoms with Crippen LogP contribution in [0.2, 0.25) is 0 Å². The molecule has 1 amide bonds. The minimum absolute atomic E-state index is 0.0956.